The zero-order chi connectivity index (χ0) is 19.6. The minimum atomic E-state index is -0.465. The van der Waals surface area contributed by atoms with Crippen LogP contribution >= 0.6 is 0 Å². The van der Waals surface area contributed by atoms with Gasteiger partial charge in [-0.15, -0.1) is 0 Å². The summed E-state index contributed by atoms with van der Waals surface area (Å²) in [4.78, 5) is 46.1. The van der Waals surface area contributed by atoms with Gasteiger partial charge in [0, 0.05) is 23.9 Å². The summed E-state index contributed by atoms with van der Waals surface area (Å²) in [6, 6.07) is 15.4. The van der Waals surface area contributed by atoms with E-state index in [-0.39, 0.29) is 24.9 Å². The lowest BCUT2D eigenvalue weighted by atomic mass is 10.2. The highest BCUT2D eigenvalue weighted by Crippen LogP contribution is 2.12. The second-order valence-corrected chi connectivity index (χ2v) is 5.63. The third kappa shape index (κ3) is 6.99. The Morgan fingerprint density at radius 2 is 1.30 bits per heavy atom. The Labute approximate surface area is 156 Å². The maximum atomic E-state index is 12.2. The van der Waals surface area contributed by atoms with Gasteiger partial charge in [0.25, 0.3) is 5.91 Å². The monoisotopic (exact) mass is 368 g/mol. The van der Waals surface area contributed by atoms with Crippen LogP contribution in [0.25, 0.3) is 0 Å². The average molecular weight is 368 g/mol. The van der Waals surface area contributed by atoms with Gasteiger partial charge in [-0.25, -0.2) is 0 Å². The van der Waals surface area contributed by atoms with Crippen LogP contribution in [0.15, 0.2) is 54.6 Å². The minimum absolute atomic E-state index is 0.187. The van der Waals surface area contributed by atoms with E-state index in [4.69, 9.17) is 0 Å². The van der Waals surface area contributed by atoms with Crippen molar-refractivity contribution in [2.75, 3.05) is 23.7 Å². The number of nitrogens with one attached hydrogen (secondary N) is 4. The molecule has 4 amide bonds. The normalized spacial score (nSPS) is 9.81. The molecule has 0 radical (unpaired) electrons. The third-order valence-corrected chi connectivity index (χ3v) is 3.41. The van der Waals surface area contributed by atoms with E-state index in [9.17, 15) is 19.2 Å². The lowest BCUT2D eigenvalue weighted by Crippen LogP contribution is -2.39. The Hall–Kier alpha value is -3.68. The number of para-hydroxylation sites is 1. The molecule has 0 saturated carbocycles. The van der Waals surface area contributed by atoms with E-state index in [0.29, 0.717) is 16.9 Å². The lowest BCUT2D eigenvalue weighted by Gasteiger charge is -2.08. The predicted molar refractivity (Wildman–Crippen MR) is 101 cm³/mol. The van der Waals surface area contributed by atoms with Crippen molar-refractivity contribution >= 4 is 35.0 Å². The van der Waals surface area contributed by atoms with Gasteiger partial charge in [0.2, 0.25) is 17.7 Å². The Morgan fingerprint density at radius 1 is 0.704 bits per heavy atom. The van der Waals surface area contributed by atoms with Gasteiger partial charge in [0.15, 0.2) is 0 Å². The summed E-state index contributed by atoms with van der Waals surface area (Å²) in [5.74, 6) is -1.48. The Morgan fingerprint density at radius 3 is 1.93 bits per heavy atom. The number of rotatable bonds is 7. The first-order valence-corrected chi connectivity index (χ1v) is 8.21. The summed E-state index contributed by atoms with van der Waals surface area (Å²) >= 11 is 0. The van der Waals surface area contributed by atoms with E-state index in [1.807, 2.05) is 18.2 Å². The summed E-state index contributed by atoms with van der Waals surface area (Å²) in [5.41, 5.74) is 1.63. The number of benzene rings is 2. The second kappa shape index (κ2) is 9.71. The summed E-state index contributed by atoms with van der Waals surface area (Å²) < 4.78 is 0. The van der Waals surface area contributed by atoms with E-state index < -0.39 is 11.8 Å². The average Bonchev–Trinajstić information content (AvgIpc) is 2.66. The van der Waals surface area contributed by atoms with E-state index in [1.54, 1.807) is 36.4 Å². The molecule has 2 rings (SSSR count). The van der Waals surface area contributed by atoms with Gasteiger partial charge in [-0.1, -0.05) is 18.2 Å². The topological polar surface area (TPSA) is 116 Å². The predicted octanol–water partition coefficient (Wildman–Crippen LogP) is 1.13. The van der Waals surface area contributed by atoms with Crippen LogP contribution in [0, 0.1) is 0 Å². The van der Waals surface area contributed by atoms with Gasteiger partial charge in [0.05, 0.1) is 13.1 Å². The van der Waals surface area contributed by atoms with Gasteiger partial charge in [-0.3, -0.25) is 19.2 Å². The van der Waals surface area contributed by atoms with Gasteiger partial charge < -0.3 is 21.3 Å². The van der Waals surface area contributed by atoms with Crippen LogP contribution in [-0.2, 0) is 14.4 Å². The first-order valence-electron chi connectivity index (χ1n) is 8.21. The molecular formula is C19H20N4O4. The zero-order valence-corrected chi connectivity index (χ0v) is 14.7. The van der Waals surface area contributed by atoms with Crippen LogP contribution in [0.2, 0.25) is 0 Å². The molecule has 8 nitrogen and oxygen atoms in total. The van der Waals surface area contributed by atoms with E-state index >= 15 is 0 Å². The van der Waals surface area contributed by atoms with E-state index in [0.717, 1.165) is 0 Å². The summed E-state index contributed by atoms with van der Waals surface area (Å²) in [6.45, 7) is 0.881. The number of carbonyl (C=O) groups excluding carboxylic acids is 4. The Balaban J connectivity index is 1.80. The number of anilines is 2. The molecule has 0 heterocycles. The second-order valence-electron chi connectivity index (χ2n) is 5.63. The van der Waals surface area contributed by atoms with Crippen LogP contribution in [0.1, 0.15) is 17.3 Å². The number of hydrogen-bond acceptors (Lipinski definition) is 4. The molecule has 0 unspecified atom stereocenters. The molecule has 0 aliphatic heterocycles. The van der Waals surface area contributed by atoms with Crippen molar-refractivity contribution < 1.29 is 19.2 Å². The molecule has 0 bridgehead atoms. The molecule has 0 spiro atoms. The van der Waals surface area contributed by atoms with E-state index in [2.05, 4.69) is 21.3 Å². The van der Waals surface area contributed by atoms with Crippen molar-refractivity contribution in [3.8, 4) is 0 Å². The third-order valence-electron chi connectivity index (χ3n) is 3.41. The molecule has 0 saturated heterocycles. The number of hydrogen-bond donors (Lipinski definition) is 4. The summed E-state index contributed by atoms with van der Waals surface area (Å²) in [7, 11) is 0. The summed E-state index contributed by atoms with van der Waals surface area (Å²) in [6.07, 6.45) is 0. The molecule has 8 heteroatoms. The van der Waals surface area contributed by atoms with Crippen molar-refractivity contribution in [2.45, 2.75) is 6.92 Å². The van der Waals surface area contributed by atoms with Crippen molar-refractivity contribution in [2.24, 2.45) is 0 Å². The van der Waals surface area contributed by atoms with Crippen molar-refractivity contribution in [3.05, 3.63) is 60.2 Å². The van der Waals surface area contributed by atoms with Gasteiger partial charge in [0.1, 0.15) is 0 Å². The first kappa shape index (κ1) is 19.6. The molecule has 4 N–H and O–H groups in total. The van der Waals surface area contributed by atoms with Gasteiger partial charge in [-0.05, 0) is 36.4 Å². The zero-order valence-electron chi connectivity index (χ0n) is 14.7. The van der Waals surface area contributed by atoms with Crippen LogP contribution in [0.5, 0.6) is 0 Å². The van der Waals surface area contributed by atoms with Crippen molar-refractivity contribution in [1.82, 2.24) is 10.6 Å². The Kier molecular flexibility index (Phi) is 7.07. The molecule has 0 aliphatic rings. The molecular weight excluding hydrogens is 348 g/mol. The lowest BCUT2D eigenvalue weighted by molar-refractivity contribution is -0.126. The van der Waals surface area contributed by atoms with Crippen LogP contribution in [0.4, 0.5) is 11.4 Å². The van der Waals surface area contributed by atoms with Crippen LogP contribution < -0.4 is 21.3 Å². The van der Waals surface area contributed by atoms with Crippen molar-refractivity contribution in [1.29, 1.82) is 0 Å². The molecule has 0 aromatic heterocycles. The fraction of sp³-hybridized carbons (Fsp3) is 0.158. The smallest absolute Gasteiger partial charge is 0.255 e. The van der Waals surface area contributed by atoms with Crippen LogP contribution in [0.3, 0.4) is 0 Å². The summed E-state index contributed by atoms with van der Waals surface area (Å²) in [5, 5.41) is 10.1. The largest absolute Gasteiger partial charge is 0.347 e. The van der Waals surface area contributed by atoms with Crippen LogP contribution in [-0.4, -0.2) is 36.7 Å². The highest BCUT2D eigenvalue weighted by molar-refractivity contribution is 6.04. The molecule has 27 heavy (non-hydrogen) atoms. The Bertz CT molecular complexity index is 819. The minimum Gasteiger partial charge on any atom is -0.347 e. The quantitative estimate of drug-likeness (QED) is 0.586. The first-order chi connectivity index (χ1) is 12.9. The highest BCUT2D eigenvalue weighted by atomic mass is 16.2. The fourth-order valence-electron chi connectivity index (χ4n) is 2.08. The number of amides is 4. The molecule has 0 atom stereocenters. The highest BCUT2D eigenvalue weighted by Gasteiger charge is 2.08. The van der Waals surface area contributed by atoms with Crippen molar-refractivity contribution in [3.63, 3.8) is 0 Å². The van der Waals surface area contributed by atoms with Gasteiger partial charge >= 0.3 is 0 Å². The standard InChI is InChI=1S/C19H20N4O4/c1-13(24)20-11-17(25)21-12-18(26)22-16-9-7-14(8-10-16)19(27)23-15-5-3-2-4-6-15/h2-10H,11-12H2,1H3,(H,20,24)(H,21,25)(H,22,26)(H,23,27). The molecule has 0 aliphatic carbocycles. The maximum Gasteiger partial charge on any atom is 0.255 e. The molecule has 2 aromatic carbocycles. The van der Waals surface area contributed by atoms with E-state index in [1.165, 1.54) is 6.92 Å². The fourth-order valence-corrected chi connectivity index (χ4v) is 2.08. The SMILES string of the molecule is CC(=O)NCC(=O)NCC(=O)Nc1ccc(C(=O)Nc2ccccc2)cc1. The molecule has 0 fully saturated rings. The molecule has 2 aromatic rings. The molecule has 140 valence electrons. The maximum absolute atomic E-state index is 12.2. The van der Waals surface area contributed by atoms with Gasteiger partial charge in [-0.2, -0.15) is 0 Å². The number of carbonyl (C=O) groups is 4.